The average molecular weight is 454 g/mol. The molecule has 4 atom stereocenters. The molecular formula is C25H27FN2O5. The summed E-state index contributed by atoms with van der Waals surface area (Å²) in [6, 6.07) is 11.6. The largest absolute Gasteiger partial charge is 0.485 e. The molecule has 1 saturated heterocycles. The molecule has 0 saturated carbocycles. The lowest BCUT2D eigenvalue weighted by molar-refractivity contribution is 0.0731. The van der Waals surface area contributed by atoms with Crippen molar-refractivity contribution in [2.45, 2.75) is 31.3 Å². The molecule has 33 heavy (non-hydrogen) atoms. The van der Waals surface area contributed by atoms with E-state index in [4.69, 9.17) is 9.47 Å². The second kappa shape index (κ2) is 10.3. The van der Waals surface area contributed by atoms with E-state index in [1.807, 2.05) is 36.4 Å². The van der Waals surface area contributed by atoms with Crippen molar-refractivity contribution in [2.24, 2.45) is 0 Å². The summed E-state index contributed by atoms with van der Waals surface area (Å²) >= 11 is 0. The summed E-state index contributed by atoms with van der Waals surface area (Å²) in [6.45, 7) is 1.97. The minimum absolute atomic E-state index is 0.145. The van der Waals surface area contributed by atoms with E-state index in [2.05, 4.69) is 4.98 Å². The van der Waals surface area contributed by atoms with Crippen LogP contribution in [0.25, 0.3) is 17.2 Å². The highest BCUT2D eigenvalue weighted by molar-refractivity contribution is 5.67. The number of imidazole rings is 1. The lowest BCUT2D eigenvalue weighted by atomic mass is 10.0. The predicted molar refractivity (Wildman–Crippen MR) is 121 cm³/mol. The number of ether oxygens (including phenoxy) is 2. The van der Waals surface area contributed by atoms with E-state index in [-0.39, 0.29) is 25.9 Å². The van der Waals surface area contributed by atoms with Gasteiger partial charge in [0.1, 0.15) is 35.7 Å². The zero-order chi connectivity index (χ0) is 23.4. The standard InChI is InChI=1S/C25H27FN2O5/c1-16(30)25-27-10-11-28(25)19(13-29)7-4-17-2-5-18(6-3-17)21-9-8-20(12-22(21)26)33-24-15-32-14-23(24)31/h2-12,16,19,23-24,29-31H,13-15H2,1H3/b7-4+/t16-,19-,23+,24?/m0/s1. The van der Waals surface area contributed by atoms with Gasteiger partial charge in [0, 0.05) is 24.0 Å². The van der Waals surface area contributed by atoms with Crippen molar-refractivity contribution in [3.05, 3.63) is 78.1 Å². The van der Waals surface area contributed by atoms with Gasteiger partial charge in [-0.3, -0.25) is 0 Å². The van der Waals surface area contributed by atoms with Crippen LogP contribution in [0.1, 0.15) is 30.5 Å². The van der Waals surface area contributed by atoms with Gasteiger partial charge in [0.05, 0.1) is 25.9 Å². The summed E-state index contributed by atoms with van der Waals surface area (Å²) in [5, 5.41) is 29.4. The Bertz CT molecular complexity index is 1100. The molecule has 2 aromatic carbocycles. The Hall–Kier alpha value is -3.04. The average Bonchev–Trinajstić information content (AvgIpc) is 3.45. The fourth-order valence-corrected chi connectivity index (χ4v) is 3.78. The Morgan fingerprint density at radius 3 is 2.67 bits per heavy atom. The molecular weight excluding hydrogens is 427 g/mol. The van der Waals surface area contributed by atoms with Crippen LogP contribution in [-0.2, 0) is 4.74 Å². The highest BCUT2D eigenvalue weighted by atomic mass is 19.1. The maximum atomic E-state index is 14.7. The van der Waals surface area contributed by atoms with E-state index in [9.17, 15) is 19.7 Å². The Morgan fingerprint density at radius 2 is 2.03 bits per heavy atom. The van der Waals surface area contributed by atoms with Crippen molar-refractivity contribution >= 4 is 6.08 Å². The first-order valence-corrected chi connectivity index (χ1v) is 10.8. The fourth-order valence-electron chi connectivity index (χ4n) is 3.78. The quantitative estimate of drug-likeness (QED) is 0.484. The second-order valence-corrected chi connectivity index (χ2v) is 8.00. The molecule has 7 nitrogen and oxygen atoms in total. The van der Waals surface area contributed by atoms with Gasteiger partial charge in [0.15, 0.2) is 0 Å². The maximum absolute atomic E-state index is 14.7. The SMILES string of the molecule is C[C@H](O)c1nccn1[C@@H](/C=C/c1ccc(-c2ccc(OC3COC[C@H]3O)cc2F)cc1)CO. The first-order valence-electron chi connectivity index (χ1n) is 10.8. The molecule has 174 valence electrons. The van der Waals surface area contributed by atoms with Gasteiger partial charge in [0.25, 0.3) is 0 Å². The number of aliphatic hydroxyl groups excluding tert-OH is 3. The van der Waals surface area contributed by atoms with Crippen molar-refractivity contribution in [3.8, 4) is 16.9 Å². The Morgan fingerprint density at radius 1 is 1.24 bits per heavy atom. The molecule has 1 aliphatic rings. The first kappa shape index (κ1) is 23.1. The Balaban J connectivity index is 1.46. The van der Waals surface area contributed by atoms with Gasteiger partial charge < -0.3 is 29.4 Å². The number of halogens is 1. The second-order valence-electron chi connectivity index (χ2n) is 8.00. The molecule has 0 amide bonds. The third kappa shape index (κ3) is 5.31. The Labute approximate surface area is 191 Å². The number of hydrogen-bond acceptors (Lipinski definition) is 6. The van der Waals surface area contributed by atoms with Crippen LogP contribution in [0.4, 0.5) is 4.39 Å². The number of benzene rings is 2. The molecule has 2 heterocycles. The molecule has 3 aromatic rings. The van der Waals surface area contributed by atoms with E-state index in [0.29, 0.717) is 22.7 Å². The number of aliphatic hydroxyl groups is 3. The number of aromatic nitrogens is 2. The van der Waals surface area contributed by atoms with Crippen molar-refractivity contribution in [1.29, 1.82) is 0 Å². The van der Waals surface area contributed by atoms with E-state index in [0.717, 1.165) is 5.56 Å². The maximum Gasteiger partial charge on any atom is 0.150 e. The molecule has 0 aliphatic carbocycles. The third-order valence-corrected chi connectivity index (χ3v) is 5.58. The van der Waals surface area contributed by atoms with Gasteiger partial charge in [-0.15, -0.1) is 0 Å². The van der Waals surface area contributed by atoms with Crippen molar-refractivity contribution in [1.82, 2.24) is 9.55 Å². The van der Waals surface area contributed by atoms with Crippen molar-refractivity contribution < 1.29 is 29.2 Å². The molecule has 8 heteroatoms. The van der Waals surface area contributed by atoms with Crippen LogP contribution in [0.2, 0.25) is 0 Å². The van der Waals surface area contributed by atoms with E-state index in [1.165, 1.54) is 6.07 Å². The lowest BCUT2D eigenvalue weighted by Gasteiger charge is -2.16. The topological polar surface area (TPSA) is 97.0 Å². The van der Waals surface area contributed by atoms with Gasteiger partial charge in [-0.2, -0.15) is 0 Å². The number of nitrogens with zero attached hydrogens (tertiary/aromatic N) is 2. The minimum Gasteiger partial charge on any atom is -0.485 e. The zero-order valence-electron chi connectivity index (χ0n) is 18.2. The molecule has 1 fully saturated rings. The molecule has 0 bridgehead atoms. The van der Waals surface area contributed by atoms with E-state index >= 15 is 0 Å². The molecule has 1 aromatic heterocycles. The van der Waals surface area contributed by atoms with E-state index in [1.54, 1.807) is 36.0 Å². The summed E-state index contributed by atoms with van der Waals surface area (Å²) in [6.07, 6.45) is 5.03. The van der Waals surface area contributed by atoms with Crippen LogP contribution in [0, 0.1) is 5.82 Å². The van der Waals surface area contributed by atoms with Gasteiger partial charge in [0.2, 0.25) is 0 Å². The van der Waals surface area contributed by atoms with Gasteiger partial charge in [-0.1, -0.05) is 36.4 Å². The van der Waals surface area contributed by atoms with Gasteiger partial charge in [-0.05, 0) is 30.2 Å². The van der Waals surface area contributed by atoms with Crippen molar-refractivity contribution in [3.63, 3.8) is 0 Å². The summed E-state index contributed by atoms with van der Waals surface area (Å²) in [5.74, 6) is 0.402. The third-order valence-electron chi connectivity index (χ3n) is 5.58. The predicted octanol–water partition coefficient (Wildman–Crippen LogP) is 3.13. The van der Waals surface area contributed by atoms with Crippen LogP contribution in [0.5, 0.6) is 5.75 Å². The zero-order valence-corrected chi connectivity index (χ0v) is 18.2. The summed E-state index contributed by atoms with van der Waals surface area (Å²) in [4.78, 5) is 4.14. The molecule has 0 spiro atoms. The van der Waals surface area contributed by atoms with Crippen LogP contribution in [0.3, 0.4) is 0 Å². The van der Waals surface area contributed by atoms with Crippen LogP contribution in [-0.4, -0.2) is 56.9 Å². The normalized spacial score (nSPS) is 20.3. The van der Waals surface area contributed by atoms with Crippen LogP contribution < -0.4 is 4.74 Å². The number of rotatable bonds is 8. The molecule has 1 aliphatic heterocycles. The molecule has 0 radical (unpaired) electrons. The smallest absolute Gasteiger partial charge is 0.150 e. The summed E-state index contributed by atoms with van der Waals surface area (Å²) < 4.78 is 27.2. The minimum atomic E-state index is -0.745. The van der Waals surface area contributed by atoms with Crippen molar-refractivity contribution in [2.75, 3.05) is 19.8 Å². The van der Waals surface area contributed by atoms with Crippen LogP contribution >= 0.6 is 0 Å². The molecule has 3 N–H and O–H groups in total. The lowest BCUT2D eigenvalue weighted by Crippen LogP contribution is -2.29. The van der Waals surface area contributed by atoms with Gasteiger partial charge in [-0.25, -0.2) is 9.37 Å². The first-order chi connectivity index (χ1) is 16.0. The van der Waals surface area contributed by atoms with Gasteiger partial charge >= 0.3 is 0 Å². The summed E-state index contributed by atoms with van der Waals surface area (Å²) in [7, 11) is 0. The molecule has 1 unspecified atom stereocenters. The summed E-state index contributed by atoms with van der Waals surface area (Å²) in [5.41, 5.74) is 2.03. The highest BCUT2D eigenvalue weighted by Gasteiger charge is 2.28. The van der Waals surface area contributed by atoms with E-state index < -0.39 is 24.1 Å². The van der Waals surface area contributed by atoms with Crippen LogP contribution in [0.15, 0.2) is 60.9 Å². The molecule has 4 rings (SSSR count). The Kier molecular flexibility index (Phi) is 7.20. The highest BCUT2D eigenvalue weighted by Crippen LogP contribution is 2.28. The number of hydrogen-bond donors (Lipinski definition) is 3. The fraction of sp³-hybridized carbons (Fsp3) is 0.320. The monoisotopic (exact) mass is 454 g/mol.